The van der Waals surface area contributed by atoms with Crippen LogP contribution in [0.1, 0.15) is 26.7 Å². The average molecular weight is 200 g/mol. The number of hydrogen-bond donors (Lipinski definition) is 1. The van der Waals surface area contributed by atoms with E-state index < -0.39 is 0 Å². The van der Waals surface area contributed by atoms with Crippen LogP contribution in [0.15, 0.2) is 5.16 Å². The van der Waals surface area contributed by atoms with Gasteiger partial charge in [0.25, 0.3) is 0 Å². The monoisotopic (exact) mass is 200 g/mol. The summed E-state index contributed by atoms with van der Waals surface area (Å²) in [7, 11) is 0. The maximum atomic E-state index is 5.47. The van der Waals surface area contributed by atoms with E-state index in [1.165, 1.54) is 0 Å². The molecular weight excluding hydrogens is 180 g/mol. The van der Waals surface area contributed by atoms with E-state index in [0.717, 1.165) is 38.2 Å². The first kappa shape index (κ1) is 11.5. The number of morpholine rings is 1. The lowest BCUT2D eigenvalue weighted by Crippen LogP contribution is -2.40. The molecule has 1 N–H and O–H groups in total. The Morgan fingerprint density at radius 1 is 1.50 bits per heavy atom. The van der Waals surface area contributed by atoms with E-state index in [2.05, 4.69) is 24.3 Å². The van der Waals surface area contributed by atoms with Gasteiger partial charge in [0.15, 0.2) is 0 Å². The van der Waals surface area contributed by atoms with Crippen LogP contribution >= 0.6 is 0 Å². The molecule has 82 valence electrons. The number of nitrogens with zero attached hydrogens (tertiary/aromatic N) is 1. The molecule has 0 aromatic rings. The number of nitrogens with one attached hydrogen (secondary N) is 1. The van der Waals surface area contributed by atoms with Gasteiger partial charge in [-0.1, -0.05) is 19.0 Å². The Balaban J connectivity index is 2.15. The molecule has 1 atom stereocenters. The fourth-order valence-electron chi connectivity index (χ4n) is 1.32. The molecule has 0 saturated carbocycles. The van der Waals surface area contributed by atoms with Gasteiger partial charge in [-0.2, -0.15) is 0 Å². The number of rotatable bonds is 5. The minimum Gasteiger partial charge on any atom is -0.393 e. The molecule has 0 bridgehead atoms. The van der Waals surface area contributed by atoms with Crippen molar-refractivity contribution in [1.29, 1.82) is 0 Å². The maximum Gasteiger partial charge on any atom is 0.144 e. The zero-order chi connectivity index (χ0) is 10.2. The summed E-state index contributed by atoms with van der Waals surface area (Å²) in [4.78, 5) is 5.24. The molecular formula is C10H20N2O2. The summed E-state index contributed by atoms with van der Waals surface area (Å²) in [6.07, 6.45) is 2.07. The van der Waals surface area contributed by atoms with E-state index >= 15 is 0 Å². The lowest BCUT2D eigenvalue weighted by Gasteiger charge is -2.22. The number of ether oxygens (including phenoxy) is 1. The Bertz CT molecular complexity index is 171. The summed E-state index contributed by atoms with van der Waals surface area (Å²) in [6, 6.07) is 0. The highest BCUT2D eigenvalue weighted by atomic mass is 16.6. The van der Waals surface area contributed by atoms with E-state index in [0.29, 0.717) is 6.61 Å². The molecule has 4 heteroatoms. The first-order chi connectivity index (χ1) is 6.86. The standard InChI is InChI=1S/C10H20N2O2/c1-3-9(4-2)12-14-8-10-7-11-5-6-13-10/h10-11H,3-8H2,1-2H3. The van der Waals surface area contributed by atoms with Crippen molar-refractivity contribution < 1.29 is 9.57 Å². The van der Waals surface area contributed by atoms with Crippen LogP contribution in [0.5, 0.6) is 0 Å². The van der Waals surface area contributed by atoms with Gasteiger partial charge in [-0.25, -0.2) is 0 Å². The molecule has 1 rings (SSSR count). The van der Waals surface area contributed by atoms with Crippen LogP contribution in [-0.4, -0.2) is 38.1 Å². The van der Waals surface area contributed by atoms with Crippen molar-refractivity contribution in [1.82, 2.24) is 5.32 Å². The SMILES string of the molecule is CCC(CC)=NOCC1CNCCO1. The first-order valence-electron chi connectivity index (χ1n) is 5.36. The van der Waals surface area contributed by atoms with E-state index in [9.17, 15) is 0 Å². The fourth-order valence-corrected chi connectivity index (χ4v) is 1.32. The Hall–Kier alpha value is -0.610. The summed E-state index contributed by atoms with van der Waals surface area (Å²) in [6.45, 7) is 7.30. The van der Waals surface area contributed by atoms with Gasteiger partial charge in [0.1, 0.15) is 12.7 Å². The first-order valence-corrected chi connectivity index (χ1v) is 5.36. The van der Waals surface area contributed by atoms with Crippen LogP contribution in [0, 0.1) is 0 Å². The van der Waals surface area contributed by atoms with Crippen LogP contribution in [0.4, 0.5) is 0 Å². The normalized spacial score (nSPS) is 21.7. The highest BCUT2D eigenvalue weighted by molar-refractivity contribution is 5.83. The van der Waals surface area contributed by atoms with E-state index in [1.54, 1.807) is 0 Å². The van der Waals surface area contributed by atoms with E-state index in [-0.39, 0.29) is 6.10 Å². The maximum absolute atomic E-state index is 5.47. The second-order valence-electron chi connectivity index (χ2n) is 3.36. The minimum atomic E-state index is 0.155. The van der Waals surface area contributed by atoms with Crippen molar-refractivity contribution in [3.8, 4) is 0 Å². The number of hydrogen-bond acceptors (Lipinski definition) is 4. The molecule has 1 unspecified atom stereocenters. The highest BCUT2D eigenvalue weighted by Crippen LogP contribution is 1.99. The Morgan fingerprint density at radius 3 is 2.86 bits per heavy atom. The van der Waals surface area contributed by atoms with Crippen molar-refractivity contribution in [3.05, 3.63) is 0 Å². The van der Waals surface area contributed by atoms with Gasteiger partial charge in [-0.15, -0.1) is 0 Å². The third-order valence-corrected chi connectivity index (χ3v) is 2.27. The molecule has 1 fully saturated rings. The molecule has 0 radical (unpaired) electrons. The second kappa shape index (κ2) is 6.79. The molecule has 1 aliphatic rings. The Labute approximate surface area is 85.6 Å². The van der Waals surface area contributed by atoms with Gasteiger partial charge in [0.05, 0.1) is 12.3 Å². The van der Waals surface area contributed by atoms with Crippen molar-refractivity contribution in [2.75, 3.05) is 26.3 Å². The van der Waals surface area contributed by atoms with Gasteiger partial charge in [0.2, 0.25) is 0 Å². The topological polar surface area (TPSA) is 42.8 Å². The average Bonchev–Trinajstić information content (AvgIpc) is 2.26. The van der Waals surface area contributed by atoms with Crippen LogP contribution in [0.2, 0.25) is 0 Å². The van der Waals surface area contributed by atoms with Crippen molar-refractivity contribution >= 4 is 5.71 Å². The molecule has 14 heavy (non-hydrogen) atoms. The highest BCUT2D eigenvalue weighted by Gasteiger charge is 2.13. The van der Waals surface area contributed by atoms with Crippen LogP contribution < -0.4 is 5.32 Å². The summed E-state index contributed by atoms with van der Waals surface area (Å²) in [5, 5.41) is 7.31. The zero-order valence-electron chi connectivity index (χ0n) is 9.08. The lowest BCUT2D eigenvalue weighted by molar-refractivity contribution is -0.0304. The number of oxime groups is 1. The predicted octanol–water partition coefficient (Wildman–Crippen LogP) is 1.17. The zero-order valence-corrected chi connectivity index (χ0v) is 9.08. The van der Waals surface area contributed by atoms with Gasteiger partial charge in [-0.05, 0) is 12.8 Å². The third kappa shape index (κ3) is 4.07. The molecule has 4 nitrogen and oxygen atoms in total. The molecule has 0 aromatic carbocycles. The van der Waals surface area contributed by atoms with Gasteiger partial charge in [0, 0.05) is 13.1 Å². The van der Waals surface area contributed by atoms with Crippen LogP contribution in [0.25, 0.3) is 0 Å². The van der Waals surface area contributed by atoms with Crippen LogP contribution in [0.3, 0.4) is 0 Å². The quantitative estimate of drug-likeness (QED) is 0.535. The molecule has 1 saturated heterocycles. The molecule has 0 aliphatic carbocycles. The second-order valence-corrected chi connectivity index (χ2v) is 3.36. The Morgan fingerprint density at radius 2 is 2.29 bits per heavy atom. The largest absolute Gasteiger partial charge is 0.393 e. The summed E-state index contributed by atoms with van der Waals surface area (Å²) in [5.41, 5.74) is 1.11. The molecule has 0 amide bonds. The van der Waals surface area contributed by atoms with E-state index in [1.807, 2.05) is 0 Å². The van der Waals surface area contributed by atoms with Crippen molar-refractivity contribution in [3.63, 3.8) is 0 Å². The van der Waals surface area contributed by atoms with Crippen molar-refractivity contribution in [2.24, 2.45) is 5.16 Å². The summed E-state index contributed by atoms with van der Waals surface area (Å²) >= 11 is 0. The Kier molecular flexibility index (Phi) is 5.56. The minimum absolute atomic E-state index is 0.155. The molecule has 0 aromatic heterocycles. The van der Waals surface area contributed by atoms with Gasteiger partial charge in [-0.3, -0.25) is 0 Å². The van der Waals surface area contributed by atoms with Gasteiger partial charge < -0.3 is 14.9 Å². The fraction of sp³-hybridized carbons (Fsp3) is 0.900. The molecule has 1 aliphatic heterocycles. The smallest absolute Gasteiger partial charge is 0.144 e. The summed E-state index contributed by atoms with van der Waals surface area (Å²) in [5.74, 6) is 0. The van der Waals surface area contributed by atoms with Crippen molar-refractivity contribution in [2.45, 2.75) is 32.8 Å². The van der Waals surface area contributed by atoms with Crippen LogP contribution in [-0.2, 0) is 9.57 Å². The van der Waals surface area contributed by atoms with Gasteiger partial charge >= 0.3 is 0 Å². The molecule has 1 heterocycles. The molecule has 0 spiro atoms. The summed E-state index contributed by atoms with van der Waals surface area (Å²) < 4.78 is 5.47. The predicted molar refractivity (Wildman–Crippen MR) is 56.6 cm³/mol. The van der Waals surface area contributed by atoms with E-state index in [4.69, 9.17) is 9.57 Å². The lowest BCUT2D eigenvalue weighted by atomic mass is 10.2. The third-order valence-electron chi connectivity index (χ3n) is 2.27.